The van der Waals surface area contributed by atoms with E-state index in [2.05, 4.69) is 45.4 Å². The molecule has 1 aliphatic heterocycles. The van der Waals surface area contributed by atoms with E-state index in [4.69, 9.17) is 4.52 Å². The molecule has 0 unspecified atom stereocenters. The summed E-state index contributed by atoms with van der Waals surface area (Å²) >= 11 is 0. The summed E-state index contributed by atoms with van der Waals surface area (Å²) in [4.78, 5) is 6.85. The molecule has 4 rings (SSSR count). The first-order valence-electron chi connectivity index (χ1n) is 9.14. The van der Waals surface area contributed by atoms with E-state index >= 15 is 0 Å². The standard InChI is InChI=1S/C21H23N3O2/c25-19-8-4-7-18(14-19)21-22-20(26-23-21)15-24-11-9-17(10-12-24)13-16-5-2-1-3-6-16/h1-8,14,17,25H,9-13,15H2. The maximum absolute atomic E-state index is 9.58. The molecule has 0 atom stereocenters. The van der Waals surface area contributed by atoms with Crippen LogP contribution >= 0.6 is 0 Å². The van der Waals surface area contributed by atoms with Crippen LogP contribution in [0.3, 0.4) is 0 Å². The van der Waals surface area contributed by atoms with Gasteiger partial charge in [-0.1, -0.05) is 47.6 Å². The molecule has 0 aliphatic carbocycles. The van der Waals surface area contributed by atoms with Crippen molar-refractivity contribution in [2.75, 3.05) is 13.1 Å². The first-order chi connectivity index (χ1) is 12.8. The van der Waals surface area contributed by atoms with Gasteiger partial charge in [-0.3, -0.25) is 4.90 Å². The number of aromatic hydroxyl groups is 1. The van der Waals surface area contributed by atoms with Gasteiger partial charge in [-0.2, -0.15) is 4.98 Å². The first-order valence-corrected chi connectivity index (χ1v) is 9.14. The van der Waals surface area contributed by atoms with Crippen LogP contribution in [0.4, 0.5) is 0 Å². The molecule has 0 radical (unpaired) electrons. The number of phenolic OH excluding ortho intramolecular Hbond substituents is 1. The van der Waals surface area contributed by atoms with Gasteiger partial charge in [0.25, 0.3) is 0 Å². The van der Waals surface area contributed by atoms with Crippen LogP contribution in [0, 0.1) is 5.92 Å². The Morgan fingerprint density at radius 3 is 2.62 bits per heavy atom. The Hall–Kier alpha value is -2.66. The second-order valence-corrected chi connectivity index (χ2v) is 6.97. The molecule has 134 valence electrons. The van der Waals surface area contributed by atoms with Crippen LogP contribution in [-0.4, -0.2) is 33.2 Å². The monoisotopic (exact) mass is 349 g/mol. The number of hydrogen-bond donors (Lipinski definition) is 1. The normalized spacial score (nSPS) is 16.0. The third-order valence-electron chi connectivity index (χ3n) is 5.01. The molecule has 5 heteroatoms. The minimum absolute atomic E-state index is 0.203. The van der Waals surface area contributed by atoms with Gasteiger partial charge >= 0.3 is 0 Å². The molecule has 0 bridgehead atoms. The summed E-state index contributed by atoms with van der Waals surface area (Å²) < 4.78 is 5.40. The van der Waals surface area contributed by atoms with Crippen LogP contribution in [0.2, 0.25) is 0 Å². The predicted molar refractivity (Wildman–Crippen MR) is 99.5 cm³/mol. The number of nitrogens with zero attached hydrogens (tertiary/aromatic N) is 3. The van der Waals surface area contributed by atoms with E-state index in [1.807, 2.05) is 6.07 Å². The number of rotatable bonds is 5. The van der Waals surface area contributed by atoms with Gasteiger partial charge in [-0.15, -0.1) is 0 Å². The highest BCUT2D eigenvalue weighted by atomic mass is 16.5. The van der Waals surface area contributed by atoms with E-state index in [9.17, 15) is 5.11 Å². The molecule has 2 heterocycles. The van der Waals surface area contributed by atoms with Crippen molar-refractivity contribution in [1.82, 2.24) is 15.0 Å². The molecule has 2 aromatic carbocycles. The van der Waals surface area contributed by atoms with Crippen molar-refractivity contribution in [2.45, 2.75) is 25.8 Å². The first kappa shape index (κ1) is 16.8. The lowest BCUT2D eigenvalue weighted by atomic mass is 9.90. The highest BCUT2D eigenvalue weighted by molar-refractivity contribution is 5.56. The fourth-order valence-corrected chi connectivity index (χ4v) is 3.57. The Bertz CT molecular complexity index is 839. The zero-order valence-corrected chi connectivity index (χ0v) is 14.7. The zero-order valence-electron chi connectivity index (χ0n) is 14.7. The summed E-state index contributed by atoms with van der Waals surface area (Å²) in [5.74, 6) is 2.10. The summed E-state index contributed by atoms with van der Waals surface area (Å²) in [6, 6.07) is 17.6. The average Bonchev–Trinajstić information content (AvgIpc) is 3.13. The summed E-state index contributed by atoms with van der Waals surface area (Å²) in [6.45, 7) is 2.80. The Morgan fingerprint density at radius 2 is 1.85 bits per heavy atom. The van der Waals surface area contributed by atoms with Crippen LogP contribution in [0.5, 0.6) is 5.75 Å². The minimum Gasteiger partial charge on any atom is -0.508 e. The maximum atomic E-state index is 9.58. The fourth-order valence-electron chi connectivity index (χ4n) is 3.57. The average molecular weight is 349 g/mol. The number of benzene rings is 2. The van der Waals surface area contributed by atoms with Crippen molar-refractivity contribution >= 4 is 0 Å². The van der Waals surface area contributed by atoms with Crippen LogP contribution in [0.25, 0.3) is 11.4 Å². The van der Waals surface area contributed by atoms with Gasteiger partial charge in [0.05, 0.1) is 6.54 Å². The quantitative estimate of drug-likeness (QED) is 0.757. The van der Waals surface area contributed by atoms with E-state index in [1.165, 1.54) is 18.4 Å². The summed E-state index contributed by atoms with van der Waals surface area (Å²) in [6.07, 6.45) is 3.56. The molecule has 3 aromatic rings. The Balaban J connectivity index is 1.31. The molecular weight excluding hydrogens is 326 g/mol. The van der Waals surface area contributed by atoms with Crippen LogP contribution < -0.4 is 0 Å². The number of hydrogen-bond acceptors (Lipinski definition) is 5. The van der Waals surface area contributed by atoms with Gasteiger partial charge in [-0.05, 0) is 56.0 Å². The molecular formula is C21H23N3O2. The van der Waals surface area contributed by atoms with E-state index < -0.39 is 0 Å². The molecule has 5 nitrogen and oxygen atoms in total. The van der Waals surface area contributed by atoms with Gasteiger partial charge in [0.15, 0.2) is 0 Å². The zero-order chi connectivity index (χ0) is 17.8. The van der Waals surface area contributed by atoms with Gasteiger partial charge < -0.3 is 9.63 Å². The van der Waals surface area contributed by atoms with Gasteiger partial charge in [0.2, 0.25) is 11.7 Å². The molecule has 0 saturated carbocycles. The largest absolute Gasteiger partial charge is 0.508 e. The molecule has 26 heavy (non-hydrogen) atoms. The SMILES string of the molecule is Oc1cccc(-c2noc(CN3CCC(Cc4ccccc4)CC3)n2)c1. The van der Waals surface area contributed by atoms with E-state index in [-0.39, 0.29) is 5.75 Å². The lowest BCUT2D eigenvalue weighted by molar-refractivity contribution is 0.159. The minimum atomic E-state index is 0.203. The number of aromatic nitrogens is 2. The van der Waals surface area contributed by atoms with Crippen LogP contribution in [0.15, 0.2) is 59.1 Å². The summed E-state index contributed by atoms with van der Waals surface area (Å²) in [7, 11) is 0. The van der Waals surface area contributed by atoms with Crippen molar-refractivity contribution in [2.24, 2.45) is 5.92 Å². The molecule has 1 saturated heterocycles. The third-order valence-corrected chi connectivity index (χ3v) is 5.01. The fraction of sp³-hybridized carbons (Fsp3) is 0.333. The number of piperidine rings is 1. The molecule has 0 amide bonds. The van der Waals surface area contributed by atoms with Crippen LogP contribution in [-0.2, 0) is 13.0 Å². The van der Waals surface area contributed by atoms with Crippen molar-refractivity contribution in [1.29, 1.82) is 0 Å². The number of likely N-dealkylation sites (tertiary alicyclic amines) is 1. The van der Waals surface area contributed by atoms with Crippen molar-refractivity contribution < 1.29 is 9.63 Å². The molecule has 1 aromatic heterocycles. The van der Waals surface area contributed by atoms with E-state index in [0.29, 0.717) is 18.3 Å². The lowest BCUT2D eigenvalue weighted by Gasteiger charge is -2.31. The third kappa shape index (κ3) is 4.11. The molecule has 1 aliphatic rings. The highest BCUT2D eigenvalue weighted by Crippen LogP contribution is 2.24. The topological polar surface area (TPSA) is 62.4 Å². The second kappa shape index (κ2) is 7.70. The summed E-state index contributed by atoms with van der Waals surface area (Å²) in [5, 5.41) is 13.6. The maximum Gasteiger partial charge on any atom is 0.241 e. The number of phenols is 1. The molecule has 1 fully saturated rings. The second-order valence-electron chi connectivity index (χ2n) is 6.97. The smallest absolute Gasteiger partial charge is 0.241 e. The van der Waals surface area contributed by atoms with Gasteiger partial charge in [0, 0.05) is 5.56 Å². The van der Waals surface area contributed by atoms with E-state index in [0.717, 1.165) is 31.0 Å². The lowest BCUT2D eigenvalue weighted by Crippen LogP contribution is -2.33. The van der Waals surface area contributed by atoms with Crippen LogP contribution in [0.1, 0.15) is 24.3 Å². The molecule has 1 N–H and O–H groups in total. The van der Waals surface area contributed by atoms with Crippen molar-refractivity contribution in [3.8, 4) is 17.1 Å². The van der Waals surface area contributed by atoms with Crippen molar-refractivity contribution in [3.05, 3.63) is 66.1 Å². The Morgan fingerprint density at radius 1 is 1.04 bits per heavy atom. The van der Waals surface area contributed by atoms with Crippen molar-refractivity contribution in [3.63, 3.8) is 0 Å². The van der Waals surface area contributed by atoms with E-state index in [1.54, 1.807) is 18.2 Å². The summed E-state index contributed by atoms with van der Waals surface area (Å²) in [5.41, 5.74) is 2.19. The Kier molecular flexibility index (Phi) is 4.97. The highest BCUT2D eigenvalue weighted by Gasteiger charge is 2.21. The van der Waals surface area contributed by atoms with Gasteiger partial charge in [-0.25, -0.2) is 0 Å². The predicted octanol–water partition coefficient (Wildman–Crippen LogP) is 3.90. The van der Waals surface area contributed by atoms with Gasteiger partial charge in [0.1, 0.15) is 5.75 Å². The molecule has 0 spiro atoms. The Labute approximate surface area is 153 Å².